The molecule has 1 heterocycles. The number of amides is 1. The van der Waals surface area contributed by atoms with Gasteiger partial charge in [0, 0.05) is 18.1 Å². The quantitative estimate of drug-likeness (QED) is 0.239. The Hall–Kier alpha value is -3.70. The van der Waals surface area contributed by atoms with Crippen LogP contribution < -0.4 is 26.2 Å². The highest BCUT2D eigenvalue weighted by molar-refractivity contribution is 7.93. The maximum Gasteiger partial charge on any atom is 0.270 e. The largest absolute Gasteiger partial charge is 0.497 e. The van der Waals surface area contributed by atoms with Crippen LogP contribution in [0.4, 0.5) is 5.69 Å². The second kappa shape index (κ2) is 10.3. The standard InChI is InChI=1S/C22H26N6O4S/c1-32-17-7-9-18(10-8-17)33(30,31)28(21(29)19(23)5-3-13-27-22(24)25)16-6-11-20-15(14-16)4-2-12-26-20/h2,4,6-12,14,19H,3,5,13,23H2,1H3,(H4,24,25,27)/t19-/m0/s1. The minimum Gasteiger partial charge on any atom is -0.497 e. The Bertz CT molecular complexity index is 1260. The zero-order valence-corrected chi connectivity index (χ0v) is 18.9. The molecule has 10 nitrogen and oxygen atoms in total. The first-order chi connectivity index (χ1) is 15.7. The summed E-state index contributed by atoms with van der Waals surface area (Å²) in [7, 11) is -2.80. The number of fused-ring (bicyclic) bond motifs is 1. The van der Waals surface area contributed by atoms with Crippen molar-refractivity contribution >= 4 is 38.5 Å². The van der Waals surface area contributed by atoms with Gasteiger partial charge in [-0.1, -0.05) is 6.07 Å². The van der Waals surface area contributed by atoms with Crippen LogP contribution in [0, 0.1) is 0 Å². The van der Waals surface area contributed by atoms with Crippen LogP contribution in [0.3, 0.4) is 0 Å². The number of benzene rings is 2. The molecule has 0 aliphatic heterocycles. The SMILES string of the molecule is COc1ccc(S(=O)(=O)N(C(=O)[C@@H](N)CCCN=C(N)N)c2ccc3ncccc3c2)cc1. The molecule has 1 atom stereocenters. The zero-order chi connectivity index (χ0) is 24.0. The molecule has 0 fully saturated rings. The first-order valence-corrected chi connectivity index (χ1v) is 11.6. The van der Waals surface area contributed by atoms with Crippen molar-refractivity contribution in [2.24, 2.45) is 22.2 Å². The molecule has 0 unspecified atom stereocenters. The van der Waals surface area contributed by atoms with Gasteiger partial charge in [-0.2, -0.15) is 0 Å². The van der Waals surface area contributed by atoms with Gasteiger partial charge < -0.3 is 21.9 Å². The number of carbonyl (C=O) groups excluding carboxylic acids is 1. The van der Waals surface area contributed by atoms with Crippen LogP contribution in [-0.4, -0.2) is 45.0 Å². The number of guanidine groups is 1. The van der Waals surface area contributed by atoms with Crippen LogP contribution in [-0.2, 0) is 14.8 Å². The van der Waals surface area contributed by atoms with Crippen LogP contribution in [0.2, 0.25) is 0 Å². The average Bonchev–Trinajstić information content (AvgIpc) is 2.81. The Morgan fingerprint density at radius 2 is 1.88 bits per heavy atom. The van der Waals surface area contributed by atoms with Crippen LogP contribution in [0.1, 0.15) is 12.8 Å². The van der Waals surface area contributed by atoms with Crippen molar-refractivity contribution in [3.63, 3.8) is 0 Å². The highest BCUT2D eigenvalue weighted by atomic mass is 32.2. The summed E-state index contributed by atoms with van der Waals surface area (Å²) in [6.07, 6.45) is 2.23. The lowest BCUT2D eigenvalue weighted by Gasteiger charge is -2.26. The number of nitrogens with two attached hydrogens (primary N) is 3. The number of aliphatic imine (C=N–C) groups is 1. The Balaban J connectivity index is 2.01. The molecule has 2 aromatic carbocycles. The summed E-state index contributed by atoms with van der Waals surface area (Å²) < 4.78 is 33.0. The molecule has 174 valence electrons. The molecule has 0 radical (unpaired) electrons. The number of aromatic nitrogens is 1. The summed E-state index contributed by atoms with van der Waals surface area (Å²) in [5.74, 6) is -0.345. The Kier molecular flexibility index (Phi) is 7.46. The van der Waals surface area contributed by atoms with E-state index in [9.17, 15) is 13.2 Å². The van der Waals surface area contributed by atoms with Gasteiger partial charge in [0.25, 0.3) is 15.9 Å². The fourth-order valence-electron chi connectivity index (χ4n) is 3.22. The van der Waals surface area contributed by atoms with E-state index in [1.807, 2.05) is 0 Å². The molecule has 1 aromatic heterocycles. The molecular weight excluding hydrogens is 444 g/mol. The summed E-state index contributed by atoms with van der Waals surface area (Å²) in [4.78, 5) is 21.4. The molecule has 0 aliphatic rings. The number of hydrogen-bond acceptors (Lipinski definition) is 7. The smallest absolute Gasteiger partial charge is 0.270 e. The summed E-state index contributed by atoms with van der Waals surface area (Å²) in [6, 6.07) is 13.0. The Morgan fingerprint density at radius 3 is 2.55 bits per heavy atom. The molecule has 0 aliphatic carbocycles. The first-order valence-electron chi connectivity index (χ1n) is 10.1. The van der Waals surface area contributed by atoms with Crippen LogP contribution in [0.25, 0.3) is 10.9 Å². The third-order valence-corrected chi connectivity index (χ3v) is 6.64. The molecule has 11 heteroatoms. The van der Waals surface area contributed by atoms with Crippen molar-refractivity contribution in [1.82, 2.24) is 4.98 Å². The highest BCUT2D eigenvalue weighted by Crippen LogP contribution is 2.28. The maximum atomic E-state index is 13.6. The second-order valence-corrected chi connectivity index (χ2v) is 9.01. The second-order valence-electron chi connectivity index (χ2n) is 7.22. The number of anilines is 1. The third kappa shape index (κ3) is 5.57. The fourth-order valence-corrected chi connectivity index (χ4v) is 4.67. The van der Waals surface area contributed by atoms with Crippen LogP contribution in [0.15, 0.2) is 70.7 Å². The molecule has 33 heavy (non-hydrogen) atoms. The summed E-state index contributed by atoms with van der Waals surface area (Å²) in [6.45, 7) is 0.274. The van der Waals surface area contributed by atoms with Gasteiger partial charge in [-0.3, -0.25) is 14.8 Å². The topological polar surface area (TPSA) is 167 Å². The number of hydrogen-bond donors (Lipinski definition) is 3. The predicted molar refractivity (Wildman–Crippen MR) is 127 cm³/mol. The van der Waals surface area contributed by atoms with Gasteiger partial charge in [0.05, 0.1) is 29.3 Å². The van der Waals surface area contributed by atoms with Gasteiger partial charge in [0.1, 0.15) is 5.75 Å². The molecule has 0 saturated carbocycles. The summed E-state index contributed by atoms with van der Waals surface area (Å²) in [5.41, 5.74) is 17.6. The van der Waals surface area contributed by atoms with Gasteiger partial charge >= 0.3 is 0 Å². The van der Waals surface area contributed by atoms with Gasteiger partial charge in [0.2, 0.25) is 0 Å². The summed E-state index contributed by atoms with van der Waals surface area (Å²) >= 11 is 0. The van der Waals surface area contributed by atoms with E-state index < -0.39 is 22.0 Å². The molecule has 0 saturated heterocycles. The lowest BCUT2D eigenvalue weighted by atomic mass is 10.1. The fraction of sp³-hybridized carbons (Fsp3) is 0.227. The van der Waals surface area contributed by atoms with E-state index in [1.165, 1.54) is 37.4 Å². The van der Waals surface area contributed by atoms with E-state index in [-0.39, 0.29) is 29.5 Å². The number of rotatable bonds is 9. The van der Waals surface area contributed by atoms with Crippen molar-refractivity contribution in [2.45, 2.75) is 23.8 Å². The number of sulfonamides is 1. The van der Waals surface area contributed by atoms with Crippen molar-refractivity contribution in [3.05, 3.63) is 60.8 Å². The van der Waals surface area contributed by atoms with E-state index in [4.69, 9.17) is 21.9 Å². The molecule has 0 spiro atoms. The normalized spacial score (nSPS) is 12.2. The van der Waals surface area contributed by atoms with Gasteiger partial charge in [0.15, 0.2) is 5.96 Å². The van der Waals surface area contributed by atoms with E-state index >= 15 is 0 Å². The molecule has 1 amide bonds. The first kappa shape index (κ1) is 24.0. The number of carbonyl (C=O) groups is 1. The number of nitrogens with zero attached hydrogens (tertiary/aromatic N) is 3. The highest BCUT2D eigenvalue weighted by Gasteiger charge is 2.34. The summed E-state index contributed by atoms with van der Waals surface area (Å²) in [5, 5.41) is 0.680. The van der Waals surface area contributed by atoms with Crippen molar-refractivity contribution in [1.29, 1.82) is 0 Å². The minimum absolute atomic E-state index is 0.0663. The van der Waals surface area contributed by atoms with Gasteiger partial charge in [-0.25, -0.2) is 12.7 Å². The Labute approximate surface area is 192 Å². The van der Waals surface area contributed by atoms with E-state index in [0.717, 1.165) is 4.31 Å². The predicted octanol–water partition coefficient (Wildman–Crippen LogP) is 1.35. The van der Waals surface area contributed by atoms with E-state index in [1.54, 1.807) is 30.5 Å². The Morgan fingerprint density at radius 1 is 1.15 bits per heavy atom. The van der Waals surface area contributed by atoms with Crippen molar-refractivity contribution < 1.29 is 17.9 Å². The molecule has 3 rings (SSSR count). The van der Waals surface area contributed by atoms with Gasteiger partial charge in [-0.15, -0.1) is 0 Å². The average molecular weight is 471 g/mol. The molecule has 0 bridgehead atoms. The van der Waals surface area contributed by atoms with E-state index in [2.05, 4.69) is 9.98 Å². The number of pyridine rings is 1. The van der Waals surface area contributed by atoms with E-state index in [0.29, 0.717) is 23.1 Å². The lowest BCUT2D eigenvalue weighted by molar-refractivity contribution is -0.118. The molecule has 3 aromatic rings. The van der Waals surface area contributed by atoms with Crippen LogP contribution >= 0.6 is 0 Å². The molecule has 6 N–H and O–H groups in total. The van der Waals surface area contributed by atoms with Crippen LogP contribution in [0.5, 0.6) is 5.75 Å². The molecular formula is C22H26N6O4S. The maximum absolute atomic E-state index is 13.6. The number of ether oxygens (including phenoxy) is 1. The number of methoxy groups -OCH3 is 1. The zero-order valence-electron chi connectivity index (χ0n) is 18.1. The van der Waals surface area contributed by atoms with Gasteiger partial charge in [-0.05, 0) is 61.4 Å². The third-order valence-electron chi connectivity index (χ3n) is 4.90. The van der Waals surface area contributed by atoms with Crippen molar-refractivity contribution in [3.8, 4) is 5.75 Å². The monoisotopic (exact) mass is 470 g/mol. The van der Waals surface area contributed by atoms with Crippen molar-refractivity contribution in [2.75, 3.05) is 18.0 Å². The lowest BCUT2D eigenvalue weighted by Crippen LogP contribution is -2.47. The minimum atomic E-state index is -4.28.